The molecule has 194 valence electrons. The summed E-state index contributed by atoms with van der Waals surface area (Å²) in [7, 11) is -1.30. The lowest BCUT2D eigenvalue weighted by Crippen LogP contribution is -2.40. The van der Waals surface area contributed by atoms with Crippen LogP contribution in [0.15, 0.2) is 35.2 Å². The summed E-state index contributed by atoms with van der Waals surface area (Å²) in [5.41, 5.74) is -1.09. The van der Waals surface area contributed by atoms with E-state index < -0.39 is 44.7 Å². The van der Waals surface area contributed by atoms with E-state index in [0.717, 1.165) is 12.1 Å². The van der Waals surface area contributed by atoms with Crippen LogP contribution in [-0.2, 0) is 24.3 Å². The van der Waals surface area contributed by atoms with E-state index in [4.69, 9.17) is 30.5 Å². The van der Waals surface area contributed by atoms with Crippen LogP contribution in [0.1, 0.15) is 10.4 Å². The van der Waals surface area contributed by atoms with Crippen molar-refractivity contribution in [1.82, 2.24) is 4.31 Å². The van der Waals surface area contributed by atoms with Crippen molar-refractivity contribution in [2.24, 2.45) is 0 Å². The molecule has 3 rings (SSSR count). The van der Waals surface area contributed by atoms with E-state index >= 15 is 0 Å². The second-order valence-corrected chi connectivity index (χ2v) is 9.61. The highest BCUT2D eigenvalue weighted by atomic mass is 35.5. The number of anilines is 1. The average Bonchev–Trinajstić information content (AvgIpc) is 2.87. The molecule has 15 heteroatoms. The topological polar surface area (TPSA) is 164 Å². The Hall–Kier alpha value is -3.46. The minimum Gasteiger partial charge on any atom is -0.493 e. The molecular weight excluding hydrogens is 522 g/mol. The SMILES string of the molecule is COc1cc(C(=O)OCC(=O)Nc2cc(S(=O)(=O)N3CCOCC3)ccc2Cl)c([N+](=O)[O-])cc1OC. The Bertz CT molecular complexity index is 1280. The molecule has 0 spiro atoms. The number of amides is 1. The molecule has 0 unspecified atom stereocenters. The van der Waals surface area contributed by atoms with Gasteiger partial charge < -0.3 is 24.3 Å². The highest BCUT2D eigenvalue weighted by molar-refractivity contribution is 7.89. The summed E-state index contributed by atoms with van der Waals surface area (Å²) in [6, 6.07) is 5.86. The van der Waals surface area contributed by atoms with E-state index in [0.29, 0.717) is 0 Å². The third kappa shape index (κ3) is 6.02. The number of carbonyl (C=O) groups is 2. The highest BCUT2D eigenvalue weighted by Gasteiger charge is 2.28. The summed E-state index contributed by atoms with van der Waals surface area (Å²) in [6.45, 7) is 0.0664. The van der Waals surface area contributed by atoms with Crippen LogP contribution in [0.5, 0.6) is 11.5 Å². The standard InChI is InChI=1S/C21H22ClN3O10S/c1-32-18-10-14(17(25(28)29)11-19(18)33-2)21(27)35-12-20(26)23-16-9-13(3-4-15(16)22)36(30,31)24-5-7-34-8-6-24/h3-4,9-11H,5-8,12H2,1-2H3,(H,23,26). The number of sulfonamides is 1. The zero-order chi connectivity index (χ0) is 26.5. The molecule has 13 nitrogen and oxygen atoms in total. The van der Waals surface area contributed by atoms with E-state index in [9.17, 15) is 28.1 Å². The number of rotatable bonds is 9. The number of carbonyl (C=O) groups excluding carboxylic acids is 2. The molecular formula is C21H22ClN3O10S. The molecule has 2 aromatic carbocycles. The van der Waals surface area contributed by atoms with Crippen LogP contribution in [-0.4, -0.2) is 76.7 Å². The Balaban J connectivity index is 1.73. The second kappa shape index (κ2) is 11.5. The fourth-order valence-electron chi connectivity index (χ4n) is 3.27. The van der Waals surface area contributed by atoms with Crippen molar-refractivity contribution in [3.8, 4) is 11.5 Å². The fraction of sp³-hybridized carbons (Fsp3) is 0.333. The van der Waals surface area contributed by atoms with Gasteiger partial charge in [-0.05, 0) is 18.2 Å². The summed E-state index contributed by atoms with van der Waals surface area (Å²) >= 11 is 6.10. The molecule has 1 aliphatic heterocycles. The van der Waals surface area contributed by atoms with Crippen LogP contribution in [0, 0.1) is 10.1 Å². The normalized spacial score (nSPS) is 14.1. The van der Waals surface area contributed by atoms with Crippen LogP contribution >= 0.6 is 11.6 Å². The van der Waals surface area contributed by atoms with E-state index in [-0.39, 0.29) is 53.4 Å². The molecule has 1 amide bonds. The molecule has 1 N–H and O–H groups in total. The summed E-state index contributed by atoms with van der Waals surface area (Å²) in [4.78, 5) is 35.4. The lowest BCUT2D eigenvalue weighted by molar-refractivity contribution is -0.385. The summed E-state index contributed by atoms with van der Waals surface area (Å²) in [5.74, 6) is -1.94. The quantitative estimate of drug-likeness (QED) is 0.281. The molecule has 36 heavy (non-hydrogen) atoms. The van der Waals surface area contributed by atoms with Crippen LogP contribution in [0.25, 0.3) is 0 Å². The molecule has 1 saturated heterocycles. The van der Waals surface area contributed by atoms with Gasteiger partial charge in [0.1, 0.15) is 5.56 Å². The summed E-state index contributed by atoms with van der Waals surface area (Å²) in [6.07, 6.45) is 0. The number of nitro benzene ring substituents is 1. The van der Waals surface area contributed by atoms with Crippen molar-refractivity contribution in [2.45, 2.75) is 4.90 Å². The molecule has 0 atom stereocenters. The zero-order valence-corrected chi connectivity index (χ0v) is 20.8. The summed E-state index contributed by atoms with van der Waals surface area (Å²) < 4.78 is 47.1. The lowest BCUT2D eigenvalue weighted by atomic mass is 10.1. The van der Waals surface area contributed by atoms with Crippen molar-refractivity contribution >= 4 is 44.9 Å². The van der Waals surface area contributed by atoms with Crippen LogP contribution < -0.4 is 14.8 Å². The smallest absolute Gasteiger partial charge is 0.345 e. The van der Waals surface area contributed by atoms with Crippen LogP contribution in [0.3, 0.4) is 0 Å². The molecule has 0 saturated carbocycles. The van der Waals surface area contributed by atoms with Gasteiger partial charge in [-0.3, -0.25) is 14.9 Å². The first-order chi connectivity index (χ1) is 17.1. The van der Waals surface area contributed by atoms with Crippen molar-refractivity contribution in [2.75, 3.05) is 52.4 Å². The predicted octanol–water partition coefficient (Wildman–Crippen LogP) is 2.08. The first kappa shape index (κ1) is 27.1. The number of esters is 1. The average molecular weight is 544 g/mol. The maximum atomic E-state index is 12.9. The lowest BCUT2D eigenvalue weighted by Gasteiger charge is -2.26. The van der Waals surface area contributed by atoms with Crippen LogP contribution in [0.4, 0.5) is 11.4 Å². The van der Waals surface area contributed by atoms with E-state index in [1.54, 1.807) is 0 Å². The first-order valence-electron chi connectivity index (χ1n) is 10.3. The number of halogens is 1. The van der Waals surface area contributed by atoms with Gasteiger partial charge in [0.15, 0.2) is 18.1 Å². The molecule has 0 radical (unpaired) electrons. The van der Waals surface area contributed by atoms with Gasteiger partial charge in [0.2, 0.25) is 10.0 Å². The number of nitrogens with one attached hydrogen (secondary N) is 1. The third-order valence-electron chi connectivity index (χ3n) is 5.07. The largest absolute Gasteiger partial charge is 0.493 e. The van der Waals surface area contributed by atoms with Gasteiger partial charge in [0, 0.05) is 19.2 Å². The minimum atomic E-state index is -3.85. The van der Waals surface area contributed by atoms with Crippen molar-refractivity contribution < 1.29 is 41.9 Å². The number of benzene rings is 2. The maximum absolute atomic E-state index is 12.9. The fourth-order valence-corrected chi connectivity index (χ4v) is 4.87. The monoisotopic (exact) mass is 543 g/mol. The molecule has 1 aliphatic rings. The molecule has 0 aromatic heterocycles. The molecule has 1 heterocycles. The third-order valence-corrected chi connectivity index (χ3v) is 7.30. The molecule has 1 fully saturated rings. The Kier molecular flexibility index (Phi) is 8.68. The van der Waals surface area contributed by atoms with Gasteiger partial charge in [-0.25, -0.2) is 13.2 Å². The number of hydrogen-bond acceptors (Lipinski definition) is 10. The van der Waals surface area contributed by atoms with E-state index in [1.165, 1.54) is 36.7 Å². The van der Waals surface area contributed by atoms with Crippen molar-refractivity contribution in [3.63, 3.8) is 0 Å². The number of methoxy groups -OCH3 is 2. The van der Waals surface area contributed by atoms with Crippen molar-refractivity contribution in [1.29, 1.82) is 0 Å². The number of morpholine rings is 1. The Morgan fingerprint density at radius 2 is 1.78 bits per heavy atom. The molecule has 2 aromatic rings. The van der Waals surface area contributed by atoms with Gasteiger partial charge in [-0.15, -0.1) is 0 Å². The predicted molar refractivity (Wildman–Crippen MR) is 126 cm³/mol. The Morgan fingerprint density at radius 3 is 2.39 bits per heavy atom. The number of ether oxygens (including phenoxy) is 4. The van der Waals surface area contributed by atoms with Gasteiger partial charge in [-0.2, -0.15) is 4.31 Å². The zero-order valence-electron chi connectivity index (χ0n) is 19.2. The van der Waals surface area contributed by atoms with Gasteiger partial charge >= 0.3 is 5.97 Å². The molecule has 0 bridgehead atoms. The second-order valence-electron chi connectivity index (χ2n) is 7.26. The van der Waals surface area contributed by atoms with Gasteiger partial charge in [-0.1, -0.05) is 11.6 Å². The Labute approximate surface area is 211 Å². The maximum Gasteiger partial charge on any atom is 0.345 e. The number of nitrogens with zero attached hydrogens (tertiary/aromatic N) is 2. The minimum absolute atomic E-state index is 0.0239. The number of hydrogen-bond donors (Lipinski definition) is 1. The summed E-state index contributed by atoms with van der Waals surface area (Å²) in [5, 5.41) is 13.8. The van der Waals surface area contributed by atoms with Gasteiger partial charge in [0.05, 0.1) is 54.0 Å². The van der Waals surface area contributed by atoms with Gasteiger partial charge in [0.25, 0.3) is 11.6 Å². The first-order valence-corrected chi connectivity index (χ1v) is 12.1. The molecule has 0 aliphatic carbocycles. The number of nitro groups is 1. The van der Waals surface area contributed by atoms with Crippen molar-refractivity contribution in [3.05, 3.63) is 51.0 Å². The highest BCUT2D eigenvalue weighted by Crippen LogP contribution is 2.35. The Morgan fingerprint density at radius 1 is 1.14 bits per heavy atom. The van der Waals surface area contributed by atoms with E-state index in [2.05, 4.69) is 5.32 Å². The van der Waals surface area contributed by atoms with E-state index in [1.807, 2.05) is 0 Å². The van der Waals surface area contributed by atoms with Crippen LogP contribution in [0.2, 0.25) is 5.02 Å².